The van der Waals surface area contributed by atoms with Crippen LogP contribution >= 0.6 is 0 Å². The molecule has 0 atom stereocenters. The smallest absolute Gasteiger partial charge is 0.120 e. The topological polar surface area (TPSA) is 38.9 Å². The van der Waals surface area contributed by atoms with Crippen LogP contribution in [0.5, 0.6) is 0 Å². The van der Waals surface area contributed by atoms with Gasteiger partial charge >= 0.3 is 0 Å². The number of nitrogens with zero attached hydrogens (tertiary/aromatic N) is 2. The van der Waals surface area contributed by atoms with E-state index in [1.165, 1.54) is 48.2 Å². The molecule has 215 valence electrons. The molecule has 6 aromatic rings. The summed E-state index contributed by atoms with van der Waals surface area (Å²) in [7, 11) is -1.38. The van der Waals surface area contributed by atoms with Crippen molar-refractivity contribution in [3.8, 4) is 22.5 Å². The molecule has 3 nitrogen and oxygen atoms in total. The van der Waals surface area contributed by atoms with Gasteiger partial charge in [-0.25, -0.2) is 0 Å². The fourth-order valence-corrected chi connectivity index (χ4v) is 6.85. The van der Waals surface area contributed by atoms with E-state index in [4.69, 9.17) is 9.40 Å². The van der Waals surface area contributed by atoms with Gasteiger partial charge in [0, 0.05) is 37.9 Å². The summed E-state index contributed by atoms with van der Waals surface area (Å²) < 4.78 is 6.37. The van der Waals surface area contributed by atoms with Gasteiger partial charge in [0.05, 0.1) is 13.7 Å². The molecule has 3 aromatic carbocycles. The minimum absolute atomic E-state index is 0. The first-order valence-corrected chi connectivity index (χ1v) is 18.2. The Hall–Kier alpha value is -3.37. The van der Waals surface area contributed by atoms with Crippen molar-refractivity contribution in [3.63, 3.8) is 0 Å². The molecule has 0 bridgehead atoms. The molecular weight excluding hydrogens is 709 g/mol. The van der Waals surface area contributed by atoms with Crippen molar-refractivity contribution in [2.45, 2.75) is 57.7 Å². The largest absolute Gasteiger partial charge is 0.501 e. The Morgan fingerprint density at radius 3 is 2.29 bits per heavy atom. The van der Waals surface area contributed by atoms with Gasteiger partial charge in [0.25, 0.3) is 0 Å². The van der Waals surface area contributed by atoms with E-state index >= 15 is 0 Å². The summed E-state index contributed by atoms with van der Waals surface area (Å²) in [5.41, 5.74) is 7.16. The van der Waals surface area contributed by atoms with E-state index in [2.05, 4.69) is 79.4 Å². The maximum Gasteiger partial charge on any atom is 0.120 e. The first kappa shape index (κ1) is 30.1. The standard InChI is InChI=1S/C26H28NOSi.C11H8N.Ir/c1-29(2,3)20-13-14-21-22-10-7-11-23(26(22)28-25(21)16-20)24-15-12-19(17-27-24)18-8-5-4-6-9-18;1-2-6-10(7-3-1)11-8-4-5-9-12-11;/h7,10,12-18H,4-6,8-9H2,1-3H3;1-6,8-9H;/q2*-1;. The van der Waals surface area contributed by atoms with Crippen LogP contribution in [0, 0.1) is 12.1 Å². The molecule has 0 N–H and O–H groups in total. The molecule has 0 saturated heterocycles. The number of aromatic nitrogens is 2. The molecule has 3 aromatic heterocycles. The molecule has 3 heterocycles. The molecule has 0 unspecified atom stereocenters. The minimum atomic E-state index is -1.38. The normalized spacial score (nSPS) is 13.8. The number of hydrogen-bond acceptors (Lipinski definition) is 3. The second kappa shape index (κ2) is 13.3. The van der Waals surface area contributed by atoms with Gasteiger partial charge in [-0.1, -0.05) is 91.4 Å². The van der Waals surface area contributed by atoms with E-state index in [1.807, 2.05) is 48.5 Å². The number of hydrogen-bond donors (Lipinski definition) is 0. The molecule has 1 fully saturated rings. The molecule has 1 radical (unpaired) electrons. The molecule has 7 rings (SSSR count). The summed E-state index contributed by atoms with van der Waals surface area (Å²) in [5.74, 6) is 0.677. The summed E-state index contributed by atoms with van der Waals surface area (Å²) in [6.45, 7) is 7.11. The molecule has 0 amide bonds. The summed E-state index contributed by atoms with van der Waals surface area (Å²) in [4.78, 5) is 9.03. The first-order chi connectivity index (χ1) is 20.0. The predicted octanol–water partition coefficient (Wildman–Crippen LogP) is 9.59. The predicted molar refractivity (Wildman–Crippen MR) is 173 cm³/mol. The van der Waals surface area contributed by atoms with Gasteiger partial charge in [-0.05, 0) is 47.8 Å². The van der Waals surface area contributed by atoms with Crippen molar-refractivity contribution >= 4 is 35.2 Å². The van der Waals surface area contributed by atoms with Crippen molar-refractivity contribution in [1.82, 2.24) is 9.97 Å². The van der Waals surface area contributed by atoms with E-state index in [0.29, 0.717) is 5.92 Å². The van der Waals surface area contributed by atoms with Crippen molar-refractivity contribution in [2.24, 2.45) is 0 Å². The molecule has 5 heteroatoms. The quantitative estimate of drug-likeness (QED) is 0.133. The Bertz CT molecular complexity index is 1700. The Morgan fingerprint density at radius 1 is 0.762 bits per heavy atom. The Balaban J connectivity index is 0.000000228. The van der Waals surface area contributed by atoms with E-state index < -0.39 is 8.07 Å². The monoisotopic (exact) mass is 745 g/mol. The molecule has 42 heavy (non-hydrogen) atoms. The molecule has 0 spiro atoms. The van der Waals surface area contributed by atoms with Crippen LogP contribution in [-0.4, -0.2) is 18.0 Å². The van der Waals surface area contributed by atoms with E-state index in [9.17, 15) is 0 Å². The van der Waals surface area contributed by atoms with Gasteiger partial charge in [0.1, 0.15) is 5.58 Å². The third-order valence-electron chi connectivity index (χ3n) is 8.07. The minimum Gasteiger partial charge on any atom is -0.501 e. The van der Waals surface area contributed by atoms with Crippen LogP contribution in [0.15, 0.2) is 102 Å². The van der Waals surface area contributed by atoms with Crippen LogP contribution in [0.1, 0.15) is 43.6 Å². The third kappa shape index (κ3) is 6.65. The fraction of sp³-hybridized carbons (Fsp3) is 0.243. The molecular formula is C37H36IrN2OSi-2. The van der Waals surface area contributed by atoms with Gasteiger partial charge in [-0.3, -0.25) is 0 Å². The van der Waals surface area contributed by atoms with Gasteiger partial charge in [0.2, 0.25) is 0 Å². The first-order valence-electron chi connectivity index (χ1n) is 14.7. The molecule has 1 aliphatic rings. The van der Waals surface area contributed by atoms with Crippen LogP contribution in [0.3, 0.4) is 0 Å². The second-order valence-corrected chi connectivity index (χ2v) is 17.0. The van der Waals surface area contributed by atoms with Gasteiger partial charge < -0.3 is 14.4 Å². The zero-order chi connectivity index (χ0) is 28.2. The van der Waals surface area contributed by atoms with Crippen LogP contribution in [0.4, 0.5) is 0 Å². The van der Waals surface area contributed by atoms with Crippen LogP contribution in [-0.2, 0) is 20.1 Å². The maximum atomic E-state index is 6.37. The Kier molecular flexibility index (Phi) is 9.52. The second-order valence-electron chi connectivity index (χ2n) is 12.0. The van der Waals surface area contributed by atoms with Crippen LogP contribution < -0.4 is 5.19 Å². The van der Waals surface area contributed by atoms with Crippen molar-refractivity contribution in [2.75, 3.05) is 0 Å². The molecule has 1 saturated carbocycles. The average Bonchev–Trinajstić information content (AvgIpc) is 3.41. The number of rotatable bonds is 4. The van der Waals surface area contributed by atoms with Gasteiger partial charge in [0.15, 0.2) is 0 Å². The van der Waals surface area contributed by atoms with Crippen LogP contribution in [0.2, 0.25) is 19.6 Å². The van der Waals surface area contributed by atoms with Gasteiger partial charge in [-0.15, -0.1) is 54.1 Å². The molecule has 1 aliphatic carbocycles. The van der Waals surface area contributed by atoms with Gasteiger partial charge in [-0.2, -0.15) is 0 Å². The van der Waals surface area contributed by atoms with E-state index in [0.717, 1.165) is 39.1 Å². The average molecular weight is 745 g/mol. The molecule has 0 aliphatic heterocycles. The number of benzene rings is 3. The van der Waals surface area contributed by atoms with E-state index in [-0.39, 0.29) is 20.1 Å². The van der Waals surface area contributed by atoms with Crippen molar-refractivity contribution < 1.29 is 24.5 Å². The van der Waals surface area contributed by atoms with Crippen molar-refractivity contribution in [3.05, 3.63) is 115 Å². The SMILES string of the molecule is C[Si](C)(C)c1ccc2c(c1)oc1c(-c3ccc(C4CCCCC4)cn3)[c-]ccc12.[Ir].[c-]1ccccc1-c1ccccn1. The fourth-order valence-electron chi connectivity index (χ4n) is 5.70. The zero-order valence-electron chi connectivity index (χ0n) is 24.5. The van der Waals surface area contributed by atoms with Crippen molar-refractivity contribution in [1.29, 1.82) is 0 Å². The van der Waals surface area contributed by atoms with E-state index in [1.54, 1.807) is 6.20 Å². The maximum absolute atomic E-state index is 6.37. The summed E-state index contributed by atoms with van der Waals surface area (Å²) >= 11 is 0. The number of furan rings is 1. The summed E-state index contributed by atoms with van der Waals surface area (Å²) in [5, 5.41) is 3.75. The zero-order valence-corrected chi connectivity index (χ0v) is 27.9. The van der Waals surface area contributed by atoms with Crippen LogP contribution in [0.25, 0.3) is 44.5 Å². The number of pyridine rings is 2. The Labute approximate surface area is 263 Å². The summed E-state index contributed by atoms with van der Waals surface area (Å²) in [6.07, 6.45) is 10.5. The third-order valence-corrected chi connectivity index (χ3v) is 10.1. The number of fused-ring (bicyclic) bond motifs is 3. The Morgan fingerprint density at radius 2 is 1.60 bits per heavy atom. The summed E-state index contributed by atoms with van der Waals surface area (Å²) in [6, 6.07) is 35.5.